The fourth-order valence-corrected chi connectivity index (χ4v) is 5.42. The van der Waals surface area contributed by atoms with Crippen molar-refractivity contribution < 1.29 is 18.0 Å². The summed E-state index contributed by atoms with van der Waals surface area (Å²) in [6, 6.07) is 23.3. The van der Waals surface area contributed by atoms with Crippen LogP contribution in [0.5, 0.6) is 0 Å². The van der Waals surface area contributed by atoms with Crippen LogP contribution in [0.2, 0.25) is 0 Å². The van der Waals surface area contributed by atoms with Crippen LogP contribution in [0.15, 0.2) is 83.3 Å². The largest absolute Gasteiger partial charge is 0.350 e. The number of nitrogens with one attached hydrogen (secondary N) is 1. The number of amides is 2. The van der Waals surface area contributed by atoms with Crippen molar-refractivity contribution in [3.05, 3.63) is 100 Å². The number of hydrogen-bond acceptors (Lipinski definition) is 4. The van der Waals surface area contributed by atoms with Gasteiger partial charge in [-0.3, -0.25) is 13.9 Å². The van der Waals surface area contributed by atoms with E-state index in [2.05, 4.69) is 21.2 Å². The average Bonchev–Trinajstić information content (AvgIpc) is 2.89. The molecule has 0 radical (unpaired) electrons. The van der Waals surface area contributed by atoms with Gasteiger partial charge in [0, 0.05) is 23.0 Å². The fourth-order valence-electron chi connectivity index (χ4n) is 4.30. The van der Waals surface area contributed by atoms with Crippen LogP contribution in [0.3, 0.4) is 0 Å². The number of hydrogen-bond donors (Lipinski definition) is 1. The minimum Gasteiger partial charge on any atom is -0.350 e. The number of rotatable bonds is 11. The lowest BCUT2D eigenvalue weighted by Crippen LogP contribution is -2.56. The summed E-state index contributed by atoms with van der Waals surface area (Å²) in [5, 5.41) is 3.03. The molecule has 1 atom stereocenters. The van der Waals surface area contributed by atoms with E-state index in [0.29, 0.717) is 5.69 Å². The first kappa shape index (κ1) is 31.4. The van der Waals surface area contributed by atoms with Crippen LogP contribution in [0.4, 0.5) is 5.69 Å². The summed E-state index contributed by atoms with van der Waals surface area (Å²) in [7, 11) is -3.80. The van der Waals surface area contributed by atoms with E-state index in [1.54, 1.807) is 12.1 Å². The van der Waals surface area contributed by atoms with Gasteiger partial charge < -0.3 is 10.2 Å². The summed E-state index contributed by atoms with van der Waals surface area (Å²) in [6.07, 6.45) is 2.17. The quantitative estimate of drug-likeness (QED) is 0.311. The molecule has 0 fully saturated rings. The van der Waals surface area contributed by atoms with Crippen molar-refractivity contribution in [1.29, 1.82) is 0 Å². The lowest BCUT2D eigenvalue weighted by Gasteiger charge is -2.35. The van der Waals surface area contributed by atoms with Gasteiger partial charge in [-0.05, 0) is 68.1 Å². The van der Waals surface area contributed by atoms with Gasteiger partial charge in [-0.25, -0.2) is 8.42 Å². The highest BCUT2D eigenvalue weighted by molar-refractivity contribution is 9.10. The topological polar surface area (TPSA) is 86.8 Å². The maximum Gasteiger partial charge on any atom is 0.244 e. The second kappa shape index (κ2) is 13.5. The van der Waals surface area contributed by atoms with Gasteiger partial charge in [-0.15, -0.1) is 0 Å². The van der Waals surface area contributed by atoms with Crippen molar-refractivity contribution in [2.75, 3.05) is 17.1 Å². The Labute approximate surface area is 246 Å². The Morgan fingerprint density at radius 1 is 0.875 bits per heavy atom. The van der Waals surface area contributed by atoms with Gasteiger partial charge in [-0.1, -0.05) is 77.5 Å². The molecule has 0 saturated heterocycles. The molecule has 0 aliphatic rings. The molecule has 3 rings (SSSR count). The van der Waals surface area contributed by atoms with Crippen molar-refractivity contribution in [3.63, 3.8) is 0 Å². The predicted octanol–water partition coefficient (Wildman–Crippen LogP) is 5.33. The third kappa shape index (κ3) is 9.20. The number of anilines is 1. The highest BCUT2D eigenvalue weighted by Crippen LogP contribution is 2.22. The molecule has 0 aromatic heterocycles. The molecular formula is C31H38BrN3O4S. The molecule has 1 N–H and O–H groups in total. The molecule has 0 bridgehead atoms. The van der Waals surface area contributed by atoms with Crippen LogP contribution in [0, 0.1) is 0 Å². The Balaban J connectivity index is 2.05. The molecule has 0 heterocycles. The second-order valence-corrected chi connectivity index (χ2v) is 13.7. The van der Waals surface area contributed by atoms with E-state index in [9.17, 15) is 18.0 Å². The van der Waals surface area contributed by atoms with Crippen molar-refractivity contribution in [2.45, 2.75) is 58.7 Å². The van der Waals surface area contributed by atoms with E-state index in [-0.39, 0.29) is 18.9 Å². The maximum atomic E-state index is 14.1. The summed E-state index contributed by atoms with van der Waals surface area (Å²) in [4.78, 5) is 29.3. The molecule has 3 aromatic carbocycles. The first-order valence-electron chi connectivity index (χ1n) is 13.2. The monoisotopic (exact) mass is 627 g/mol. The van der Waals surface area contributed by atoms with E-state index in [4.69, 9.17) is 0 Å². The highest BCUT2D eigenvalue weighted by Gasteiger charge is 2.34. The van der Waals surface area contributed by atoms with Gasteiger partial charge in [0.05, 0.1) is 11.9 Å². The number of aryl methyl sites for hydroxylation is 1. The van der Waals surface area contributed by atoms with Crippen LogP contribution in [0.1, 0.15) is 44.4 Å². The Bertz CT molecular complexity index is 1390. The van der Waals surface area contributed by atoms with Gasteiger partial charge in [-0.2, -0.15) is 0 Å². The first-order valence-corrected chi connectivity index (χ1v) is 15.9. The Morgan fingerprint density at radius 3 is 1.98 bits per heavy atom. The number of benzene rings is 3. The van der Waals surface area contributed by atoms with Crippen LogP contribution in [0.25, 0.3) is 0 Å². The number of sulfonamides is 1. The Morgan fingerprint density at radius 2 is 1.45 bits per heavy atom. The zero-order valence-electron chi connectivity index (χ0n) is 23.7. The molecule has 0 saturated carbocycles. The third-order valence-corrected chi connectivity index (χ3v) is 8.02. The normalized spacial score (nSPS) is 12.4. The van der Waals surface area contributed by atoms with Crippen LogP contribution >= 0.6 is 15.9 Å². The molecule has 0 unspecified atom stereocenters. The van der Waals surface area contributed by atoms with Gasteiger partial charge in [0.1, 0.15) is 12.6 Å². The number of nitrogens with zero attached hydrogens (tertiary/aromatic N) is 2. The fraction of sp³-hybridized carbons (Fsp3) is 0.355. The summed E-state index contributed by atoms with van der Waals surface area (Å²) < 4.78 is 27.8. The minimum atomic E-state index is -3.80. The molecule has 214 valence electrons. The van der Waals surface area contributed by atoms with Gasteiger partial charge in [0.2, 0.25) is 21.8 Å². The predicted molar refractivity (Wildman–Crippen MR) is 165 cm³/mol. The van der Waals surface area contributed by atoms with Gasteiger partial charge in [0.15, 0.2) is 0 Å². The van der Waals surface area contributed by atoms with Gasteiger partial charge >= 0.3 is 0 Å². The lowest BCUT2D eigenvalue weighted by molar-refractivity contribution is -0.140. The molecule has 40 heavy (non-hydrogen) atoms. The van der Waals surface area contributed by atoms with Crippen LogP contribution in [-0.2, 0) is 39.0 Å². The second-order valence-electron chi connectivity index (χ2n) is 10.9. The van der Waals surface area contributed by atoms with Crippen molar-refractivity contribution >= 4 is 43.5 Å². The van der Waals surface area contributed by atoms with Crippen LogP contribution in [-0.4, -0.2) is 49.5 Å². The lowest BCUT2D eigenvalue weighted by atomic mass is 10.0. The SMILES string of the molecule is CCc1ccc(N(CC(=O)N(Cc2ccc(Br)cc2)[C@@H](Cc2ccccc2)C(=O)NC(C)(C)C)S(C)(=O)=O)cc1. The standard InChI is InChI=1S/C31H38BrN3O4S/c1-6-23-14-18-27(19-15-23)35(40(5,38)39)22-29(36)34(21-25-12-16-26(32)17-13-25)28(30(37)33-31(2,3)4)20-24-10-8-7-9-11-24/h7-19,28H,6,20-22H2,1-5H3,(H,33,37)/t28-/m0/s1. The molecule has 0 spiro atoms. The van der Waals surface area contributed by atoms with Crippen LogP contribution < -0.4 is 9.62 Å². The molecule has 9 heteroatoms. The van der Waals surface area contributed by atoms with E-state index in [1.807, 2.05) is 94.4 Å². The van der Waals surface area contributed by atoms with E-state index >= 15 is 0 Å². The zero-order valence-corrected chi connectivity index (χ0v) is 26.1. The summed E-state index contributed by atoms with van der Waals surface area (Å²) >= 11 is 3.44. The molecule has 0 aliphatic heterocycles. The smallest absolute Gasteiger partial charge is 0.244 e. The molecule has 2 amide bonds. The molecular weight excluding hydrogens is 590 g/mol. The highest BCUT2D eigenvalue weighted by atomic mass is 79.9. The van der Waals surface area contributed by atoms with E-state index in [0.717, 1.165) is 38.1 Å². The number of carbonyl (C=O) groups is 2. The average molecular weight is 629 g/mol. The summed E-state index contributed by atoms with van der Waals surface area (Å²) in [6.45, 7) is 7.37. The van der Waals surface area contributed by atoms with Crippen molar-refractivity contribution in [2.24, 2.45) is 0 Å². The van der Waals surface area contributed by atoms with Crippen molar-refractivity contribution in [1.82, 2.24) is 10.2 Å². The Kier molecular flexibility index (Phi) is 10.6. The number of carbonyl (C=O) groups excluding carboxylic acids is 2. The summed E-state index contributed by atoms with van der Waals surface area (Å²) in [5.41, 5.74) is 2.63. The van der Waals surface area contributed by atoms with Crippen molar-refractivity contribution in [3.8, 4) is 0 Å². The zero-order chi connectivity index (χ0) is 29.5. The van der Waals surface area contributed by atoms with E-state index in [1.165, 1.54) is 4.90 Å². The summed E-state index contributed by atoms with van der Waals surface area (Å²) in [5.74, 6) is -0.780. The number of halogens is 1. The molecule has 0 aliphatic carbocycles. The maximum absolute atomic E-state index is 14.1. The Hall–Kier alpha value is -3.17. The van der Waals surface area contributed by atoms with E-state index < -0.39 is 34.1 Å². The van der Waals surface area contributed by atoms with Gasteiger partial charge in [0.25, 0.3) is 0 Å². The third-order valence-electron chi connectivity index (χ3n) is 6.35. The first-order chi connectivity index (χ1) is 18.8. The minimum absolute atomic E-state index is 0.132. The molecule has 7 nitrogen and oxygen atoms in total. The molecule has 3 aromatic rings.